The van der Waals surface area contributed by atoms with Crippen LogP contribution in [0.3, 0.4) is 0 Å². The summed E-state index contributed by atoms with van der Waals surface area (Å²) in [5, 5.41) is 3.83. The van der Waals surface area contributed by atoms with Crippen molar-refractivity contribution in [2.45, 2.75) is 30.3 Å². The molecule has 28 heavy (non-hydrogen) atoms. The lowest BCUT2D eigenvalue weighted by Gasteiger charge is -2.33. The van der Waals surface area contributed by atoms with Crippen molar-refractivity contribution in [2.24, 2.45) is 5.73 Å². The molecule has 3 heterocycles. The summed E-state index contributed by atoms with van der Waals surface area (Å²) in [7, 11) is 0. The lowest BCUT2D eigenvalue weighted by molar-refractivity contribution is -0.138. The molecular weight excluding hydrogens is 392 g/mol. The molecule has 0 bridgehead atoms. The molecule has 0 radical (unpaired) electrons. The van der Waals surface area contributed by atoms with E-state index in [-0.39, 0.29) is 11.7 Å². The lowest BCUT2D eigenvalue weighted by Crippen LogP contribution is -2.51. The van der Waals surface area contributed by atoms with Crippen LogP contribution in [0.4, 0.5) is 0 Å². The summed E-state index contributed by atoms with van der Waals surface area (Å²) >= 11 is 2.96. The van der Waals surface area contributed by atoms with E-state index in [0.717, 1.165) is 39.2 Å². The van der Waals surface area contributed by atoms with E-state index in [9.17, 15) is 9.59 Å². The van der Waals surface area contributed by atoms with Crippen molar-refractivity contribution in [1.82, 2.24) is 14.9 Å². The quantitative estimate of drug-likeness (QED) is 0.513. The van der Waals surface area contributed by atoms with Gasteiger partial charge in [-0.2, -0.15) is 0 Å². The van der Waals surface area contributed by atoms with Gasteiger partial charge in [0.1, 0.15) is 22.2 Å². The number of piperidine rings is 1. The first-order valence-corrected chi connectivity index (χ1v) is 11.0. The molecule has 3 aromatic rings. The van der Waals surface area contributed by atoms with Gasteiger partial charge in [0, 0.05) is 17.5 Å². The molecular formula is C20H20N4O2S2. The highest BCUT2D eigenvalue weighted by Crippen LogP contribution is 2.37. The number of likely N-dealkylation sites (tertiary alicyclic amines) is 1. The van der Waals surface area contributed by atoms with Gasteiger partial charge >= 0.3 is 0 Å². The molecule has 1 aromatic carbocycles. The number of thiophene rings is 1. The first-order chi connectivity index (χ1) is 13.6. The van der Waals surface area contributed by atoms with Crippen molar-refractivity contribution in [2.75, 3.05) is 12.3 Å². The Labute approximate surface area is 171 Å². The smallest absolute Gasteiger partial charge is 0.240 e. The average molecular weight is 413 g/mol. The summed E-state index contributed by atoms with van der Waals surface area (Å²) in [6.45, 7) is 0.583. The normalized spacial score (nSPS) is 17.0. The van der Waals surface area contributed by atoms with E-state index in [1.165, 1.54) is 18.1 Å². The van der Waals surface area contributed by atoms with Gasteiger partial charge in [-0.05, 0) is 24.8 Å². The second-order valence-electron chi connectivity index (χ2n) is 6.66. The van der Waals surface area contributed by atoms with Gasteiger partial charge in [0.2, 0.25) is 11.8 Å². The van der Waals surface area contributed by atoms with Gasteiger partial charge in [-0.15, -0.1) is 11.3 Å². The fourth-order valence-corrected chi connectivity index (χ4v) is 5.41. The zero-order valence-electron chi connectivity index (χ0n) is 15.2. The van der Waals surface area contributed by atoms with Crippen molar-refractivity contribution in [3.63, 3.8) is 0 Å². The van der Waals surface area contributed by atoms with Crippen LogP contribution in [-0.4, -0.2) is 45.0 Å². The van der Waals surface area contributed by atoms with Crippen LogP contribution in [0.2, 0.25) is 0 Å². The number of benzene rings is 1. The number of thioether (sulfide) groups is 1. The van der Waals surface area contributed by atoms with E-state index in [1.54, 1.807) is 16.2 Å². The molecule has 1 atom stereocenters. The third-order valence-electron chi connectivity index (χ3n) is 4.90. The fraction of sp³-hybridized carbons (Fsp3) is 0.300. The van der Waals surface area contributed by atoms with Crippen LogP contribution in [-0.2, 0) is 9.59 Å². The molecule has 6 nitrogen and oxygen atoms in total. The number of carbonyl (C=O) groups is 2. The maximum Gasteiger partial charge on any atom is 0.240 e. The first kappa shape index (κ1) is 18.9. The number of rotatable bonds is 5. The predicted molar refractivity (Wildman–Crippen MR) is 112 cm³/mol. The summed E-state index contributed by atoms with van der Waals surface area (Å²) in [5.41, 5.74) is 7.66. The second kappa shape index (κ2) is 8.28. The number of fused-ring (bicyclic) bond motifs is 1. The molecule has 1 fully saturated rings. The van der Waals surface area contributed by atoms with Crippen molar-refractivity contribution < 1.29 is 9.59 Å². The number of amides is 2. The topological polar surface area (TPSA) is 89.2 Å². The fourth-order valence-electron chi connectivity index (χ4n) is 3.53. The highest BCUT2D eigenvalue weighted by atomic mass is 32.2. The van der Waals surface area contributed by atoms with E-state index in [4.69, 9.17) is 5.73 Å². The third-order valence-corrected chi connectivity index (χ3v) is 6.76. The van der Waals surface area contributed by atoms with E-state index in [0.29, 0.717) is 13.0 Å². The van der Waals surface area contributed by atoms with Crippen LogP contribution in [0.1, 0.15) is 19.3 Å². The Morgan fingerprint density at radius 2 is 2.04 bits per heavy atom. The van der Waals surface area contributed by atoms with E-state index >= 15 is 0 Å². The van der Waals surface area contributed by atoms with Gasteiger partial charge in [0.05, 0.1) is 11.1 Å². The Hall–Kier alpha value is -2.45. The number of nitrogens with zero attached hydrogens (tertiary/aromatic N) is 3. The average Bonchev–Trinajstić information content (AvgIpc) is 3.17. The minimum atomic E-state index is -0.492. The van der Waals surface area contributed by atoms with Gasteiger partial charge in [0.25, 0.3) is 0 Å². The van der Waals surface area contributed by atoms with Crippen LogP contribution >= 0.6 is 23.1 Å². The summed E-state index contributed by atoms with van der Waals surface area (Å²) in [6, 6.07) is 9.60. The molecule has 0 unspecified atom stereocenters. The summed E-state index contributed by atoms with van der Waals surface area (Å²) < 4.78 is 0. The van der Waals surface area contributed by atoms with Crippen LogP contribution in [0.15, 0.2) is 47.1 Å². The molecule has 2 aromatic heterocycles. The van der Waals surface area contributed by atoms with Crippen LogP contribution in [0.5, 0.6) is 0 Å². The molecule has 1 aliphatic rings. The van der Waals surface area contributed by atoms with Gasteiger partial charge < -0.3 is 10.6 Å². The molecule has 8 heteroatoms. The molecule has 1 aliphatic heterocycles. The molecule has 4 rings (SSSR count). The van der Waals surface area contributed by atoms with Gasteiger partial charge in [-0.3, -0.25) is 9.59 Å². The summed E-state index contributed by atoms with van der Waals surface area (Å²) in [4.78, 5) is 35.8. The highest BCUT2D eigenvalue weighted by molar-refractivity contribution is 8.00. The zero-order valence-corrected chi connectivity index (χ0v) is 16.8. The number of aromatic nitrogens is 2. The van der Waals surface area contributed by atoms with Crippen LogP contribution < -0.4 is 5.73 Å². The van der Waals surface area contributed by atoms with Gasteiger partial charge in [-0.25, -0.2) is 9.97 Å². The molecule has 144 valence electrons. The van der Waals surface area contributed by atoms with Crippen molar-refractivity contribution in [1.29, 1.82) is 0 Å². The molecule has 0 spiro atoms. The number of primary amides is 1. The SMILES string of the molecule is NC(=O)[C@@H]1CCCCN1C(=O)CSc1ncnc2scc(-c3ccccc3)c12. The standard InChI is InChI=1S/C20H20N4O2S2/c21-18(26)15-8-4-5-9-24(15)16(25)11-28-20-17-14(13-6-2-1-3-7-13)10-27-19(17)22-12-23-20/h1-3,6-7,10,12,15H,4-5,8-9,11H2,(H2,21,26)/t15-/m0/s1. The second-order valence-corrected chi connectivity index (χ2v) is 8.49. The Balaban J connectivity index is 1.57. The summed E-state index contributed by atoms with van der Waals surface area (Å²) in [6.07, 6.45) is 4.01. The number of hydrogen-bond acceptors (Lipinski definition) is 6. The molecule has 0 saturated carbocycles. The predicted octanol–water partition coefficient (Wildman–Crippen LogP) is 3.32. The number of hydrogen-bond donors (Lipinski definition) is 1. The Kier molecular flexibility index (Phi) is 5.59. The number of nitrogens with two attached hydrogens (primary N) is 1. The van der Waals surface area contributed by atoms with Crippen LogP contribution in [0.25, 0.3) is 21.3 Å². The molecule has 2 N–H and O–H groups in total. The maximum absolute atomic E-state index is 12.8. The lowest BCUT2D eigenvalue weighted by atomic mass is 10.0. The first-order valence-electron chi connectivity index (χ1n) is 9.14. The number of carbonyl (C=O) groups excluding carboxylic acids is 2. The largest absolute Gasteiger partial charge is 0.368 e. The maximum atomic E-state index is 12.8. The third kappa shape index (κ3) is 3.74. The zero-order chi connectivity index (χ0) is 19.5. The van der Waals surface area contributed by atoms with Crippen molar-refractivity contribution in [3.05, 3.63) is 42.0 Å². The minimum Gasteiger partial charge on any atom is -0.368 e. The molecule has 0 aliphatic carbocycles. The van der Waals surface area contributed by atoms with E-state index in [2.05, 4.69) is 27.5 Å². The van der Waals surface area contributed by atoms with Crippen LogP contribution in [0, 0.1) is 0 Å². The highest BCUT2D eigenvalue weighted by Gasteiger charge is 2.30. The monoisotopic (exact) mass is 412 g/mol. The molecule has 2 amide bonds. The van der Waals surface area contributed by atoms with Gasteiger partial charge in [0.15, 0.2) is 0 Å². The Bertz CT molecular complexity index is 1010. The summed E-state index contributed by atoms with van der Waals surface area (Å²) in [5.74, 6) is -0.275. The Morgan fingerprint density at radius 1 is 1.21 bits per heavy atom. The minimum absolute atomic E-state index is 0.0725. The van der Waals surface area contributed by atoms with Gasteiger partial charge in [-0.1, -0.05) is 42.1 Å². The van der Waals surface area contributed by atoms with E-state index in [1.807, 2.05) is 18.2 Å². The van der Waals surface area contributed by atoms with Crippen molar-refractivity contribution in [3.8, 4) is 11.1 Å². The Morgan fingerprint density at radius 3 is 2.82 bits per heavy atom. The van der Waals surface area contributed by atoms with Crippen molar-refractivity contribution >= 4 is 45.1 Å². The molecule has 1 saturated heterocycles. The van der Waals surface area contributed by atoms with E-state index < -0.39 is 11.9 Å².